The van der Waals surface area contributed by atoms with Crippen molar-refractivity contribution in [2.75, 3.05) is 19.7 Å². The monoisotopic (exact) mass is 491 g/mol. The molecule has 4 aliphatic carbocycles. The van der Waals surface area contributed by atoms with Crippen LogP contribution in [0.1, 0.15) is 76.3 Å². The molecule has 1 N–H and O–H groups in total. The Labute approximate surface area is 206 Å². The molecule has 2 heterocycles. The van der Waals surface area contributed by atoms with Crippen LogP contribution in [0.4, 0.5) is 4.79 Å². The minimum atomic E-state index is -0.493. The van der Waals surface area contributed by atoms with Crippen LogP contribution in [-0.2, 0) is 4.74 Å². The number of nitrogens with zero attached hydrogens (tertiary/aromatic N) is 2. The maximum absolute atomic E-state index is 13.0. The van der Waals surface area contributed by atoms with Gasteiger partial charge in [0.15, 0.2) is 0 Å². The molecule has 1 saturated heterocycles. The molecule has 2 amide bonds. The van der Waals surface area contributed by atoms with Crippen LogP contribution < -0.4 is 10.1 Å². The minimum Gasteiger partial charge on any atom is -0.474 e. The Bertz CT molecular complexity index is 890. The first-order valence-corrected chi connectivity index (χ1v) is 13.2. The van der Waals surface area contributed by atoms with Crippen molar-refractivity contribution >= 4 is 24.6 Å². The molecule has 0 spiro atoms. The van der Waals surface area contributed by atoms with Gasteiger partial charge in [0.2, 0.25) is 5.76 Å². The van der Waals surface area contributed by atoms with Gasteiger partial charge in [-0.05, 0) is 100 Å². The van der Waals surface area contributed by atoms with E-state index in [1.807, 2.05) is 20.8 Å². The molecule has 1 aliphatic heterocycles. The van der Waals surface area contributed by atoms with Crippen molar-refractivity contribution in [3.8, 4) is 5.88 Å². The van der Waals surface area contributed by atoms with Gasteiger partial charge >= 0.3 is 6.09 Å². The normalized spacial score (nSPS) is 30.9. The molecule has 0 atom stereocenters. The predicted molar refractivity (Wildman–Crippen MR) is 128 cm³/mol. The van der Waals surface area contributed by atoms with Crippen LogP contribution in [0.15, 0.2) is 9.42 Å². The van der Waals surface area contributed by atoms with Crippen LogP contribution in [0.25, 0.3) is 0 Å². The number of carbonyl (C=O) groups excluding carboxylic acids is 2. The van der Waals surface area contributed by atoms with Crippen LogP contribution in [0, 0.1) is 29.6 Å². The molecule has 0 unspecified atom stereocenters. The highest BCUT2D eigenvalue weighted by molar-refractivity contribution is 7.80. The summed E-state index contributed by atoms with van der Waals surface area (Å²) in [4.78, 5) is 27.3. The van der Waals surface area contributed by atoms with Gasteiger partial charge in [0.25, 0.3) is 11.8 Å². The highest BCUT2D eigenvalue weighted by Crippen LogP contribution is 2.53. The van der Waals surface area contributed by atoms with E-state index >= 15 is 0 Å². The summed E-state index contributed by atoms with van der Waals surface area (Å²) in [5.74, 6) is 3.33. The largest absolute Gasteiger partial charge is 0.474 e. The molecule has 8 nitrogen and oxygen atoms in total. The Hall–Kier alpha value is -1.90. The first-order valence-electron chi connectivity index (χ1n) is 12.8. The number of rotatable bonds is 5. The van der Waals surface area contributed by atoms with Crippen molar-refractivity contribution in [3.63, 3.8) is 0 Å². The SMILES string of the molecule is CC(C)(C)OC(=O)N1CCC(COc2noc(C(=O)NC3C4CC5CC(C4)CC3C5)c2S)CC1. The second-order valence-electron chi connectivity index (χ2n) is 11.8. The van der Waals surface area contributed by atoms with E-state index in [1.165, 1.54) is 32.1 Å². The first kappa shape index (κ1) is 23.8. The summed E-state index contributed by atoms with van der Waals surface area (Å²) in [6.45, 7) is 7.32. The zero-order chi connectivity index (χ0) is 24.0. The summed E-state index contributed by atoms with van der Waals surface area (Å²) in [7, 11) is 0. The number of nitrogens with one attached hydrogen (secondary N) is 1. The van der Waals surface area contributed by atoms with Gasteiger partial charge in [-0.15, -0.1) is 12.6 Å². The van der Waals surface area contributed by atoms with E-state index in [-0.39, 0.29) is 35.6 Å². The summed E-state index contributed by atoms with van der Waals surface area (Å²) in [5, 5.41) is 7.21. The molecule has 34 heavy (non-hydrogen) atoms. The second-order valence-corrected chi connectivity index (χ2v) is 12.3. The number of hydrogen-bond acceptors (Lipinski definition) is 7. The number of ether oxygens (including phenoxy) is 2. The average molecular weight is 492 g/mol. The molecule has 5 fully saturated rings. The maximum atomic E-state index is 13.0. The molecule has 4 bridgehead atoms. The maximum Gasteiger partial charge on any atom is 0.410 e. The smallest absolute Gasteiger partial charge is 0.410 e. The molecule has 1 aromatic heterocycles. The van der Waals surface area contributed by atoms with Gasteiger partial charge in [0.1, 0.15) is 10.5 Å². The number of thiol groups is 1. The fourth-order valence-electron chi connectivity index (χ4n) is 6.70. The lowest BCUT2D eigenvalue weighted by molar-refractivity contribution is -0.0124. The standard InChI is InChI=1S/C25H37N3O5S/c1-25(2,3)32-24(30)28-6-4-14(5-7-28)13-31-23-21(34)20(33-27-23)22(29)26-19-17-9-15-8-16(11-17)12-18(19)10-15/h14-19,34H,4-13H2,1-3H3,(H,26,29). The van der Waals surface area contributed by atoms with Crippen molar-refractivity contribution in [1.82, 2.24) is 15.4 Å². The van der Waals surface area contributed by atoms with E-state index in [4.69, 9.17) is 14.0 Å². The lowest BCUT2D eigenvalue weighted by Crippen LogP contribution is -2.55. The Morgan fingerprint density at radius 3 is 2.29 bits per heavy atom. The number of hydrogen-bond donors (Lipinski definition) is 2. The summed E-state index contributed by atoms with van der Waals surface area (Å²) in [5.41, 5.74) is -0.493. The van der Waals surface area contributed by atoms with E-state index in [9.17, 15) is 9.59 Å². The molecular weight excluding hydrogens is 454 g/mol. The van der Waals surface area contributed by atoms with Gasteiger partial charge in [-0.2, -0.15) is 0 Å². The fourth-order valence-corrected chi connectivity index (χ4v) is 6.95. The zero-order valence-electron chi connectivity index (χ0n) is 20.4. The van der Waals surface area contributed by atoms with Gasteiger partial charge in [-0.3, -0.25) is 4.79 Å². The Kier molecular flexibility index (Phi) is 6.50. The van der Waals surface area contributed by atoms with E-state index in [0.29, 0.717) is 36.4 Å². The van der Waals surface area contributed by atoms with E-state index in [1.54, 1.807) is 4.90 Å². The van der Waals surface area contributed by atoms with Gasteiger partial charge in [0.05, 0.1) is 6.61 Å². The third-order valence-corrected chi connectivity index (χ3v) is 8.48. The fraction of sp³-hybridized carbons (Fsp3) is 0.800. The summed E-state index contributed by atoms with van der Waals surface area (Å²) >= 11 is 4.49. The number of carbonyl (C=O) groups is 2. The molecule has 9 heteroatoms. The molecule has 0 aromatic carbocycles. The third kappa shape index (κ3) is 5.04. The van der Waals surface area contributed by atoms with Crippen LogP contribution in [-0.4, -0.2) is 53.4 Å². The van der Waals surface area contributed by atoms with Crippen LogP contribution in [0.2, 0.25) is 0 Å². The van der Waals surface area contributed by atoms with E-state index < -0.39 is 5.60 Å². The van der Waals surface area contributed by atoms with Crippen molar-refractivity contribution in [2.24, 2.45) is 29.6 Å². The van der Waals surface area contributed by atoms with Gasteiger partial charge in [0, 0.05) is 19.1 Å². The van der Waals surface area contributed by atoms with E-state index in [0.717, 1.165) is 24.7 Å². The average Bonchev–Trinajstić information content (AvgIpc) is 3.14. The van der Waals surface area contributed by atoms with Crippen molar-refractivity contribution in [2.45, 2.75) is 82.3 Å². The van der Waals surface area contributed by atoms with Crippen LogP contribution in [0.3, 0.4) is 0 Å². The van der Waals surface area contributed by atoms with Crippen molar-refractivity contribution in [3.05, 3.63) is 5.76 Å². The van der Waals surface area contributed by atoms with Crippen LogP contribution >= 0.6 is 12.6 Å². The highest BCUT2D eigenvalue weighted by atomic mass is 32.1. The number of likely N-dealkylation sites (tertiary alicyclic amines) is 1. The molecule has 188 valence electrons. The van der Waals surface area contributed by atoms with Crippen LogP contribution in [0.5, 0.6) is 5.88 Å². The number of amides is 2. The van der Waals surface area contributed by atoms with Gasteiger partial charge in [-0.1, -0.05) is 0 Å². The molecular formula is C25H37N3O5S. The van der Waals surface area contributed by atoms with Gasteiger partial charge in [-0.25, -0.2) is 4.79 Å². The highest BCUT2D eigenvalue weighted by Gasteiger charge is 2.49. The number of aromatic nitrogens is 1. The predicted octanol–water partition coefficient (Wildman–Crippen LogP) is 4.54. The molecule has 5 aliphatic rings. The first-order chi connectivity index (χ1) is 16.2. The third-order valence-electron chi connectivity index (χ3n) is 8.09. The lowest BCUT2D eigenvalue weighted by Gasteiger charge is -2.54. The Balaban J connectivity index is 1.10. The Morgan fingerprint density at radius 2 is 1.71 bits per heavy atom. The molecule has 0 radical (unpaired) electrons. The van der Waals surface area contributed by atoms with Crippen molar-refractivity contribution < 1.29 is 23.6 Å². The second kappa shape index (κ2) is 9.28. The molecule has 4 saturated carbocycles. The summed E-state index contributed by atoms with van der Waals surface area (Å²) < 4.78 is 16.7. The number of piperidine rings is 1. The van der Waals surface area contributed by atoms with E-state index in [2.05, 4.69) is 23.1 Å². The Morgan fingerprint density at radius 1 is 1.09 bits per heavy atom. The molecule has 1 aromatic rings. The summed E-state index contributed by atoms with van der Waals surface area (Å²) in [6, 6.07) is 0.234. The lowest BCUT2D eigenvalue weighted by atomic mass is 9.54. The summed E-state index contributed by atoms with van der Waals surface area (Å²) in [6.07, 6.45) is 7.71. The zero-order valence-corrected chi connectivity index (χ0v) is 21.3. The topological polar surface area (TPSA) is 93.9 Å². The minimum absolute atomic E-state index is 0.131. The quantitative estimate of drug-likeness (QED) is 0.587. The van der Waals surface area contributed by atoms with Gasteiger partial charge < -0.3 is 24.2 Å². The molecule has 6 rings (SSSR count). The van der Waals surface area contributed by atoms with Crippen molar-refractivity contribution in [1.29, 1.82) is 0 Å².